The summed E-state index contributed by atoms with van der Waals surface area (Å²) in [5.41, 5.74) is 8.79. The zero-order chi connectivity index (χ0) is 16.8. The van der Waals surface area contributed by atoms with Crippen LogP contribution >= 0.6 is 0 Å². The van der Waals surface area contributed by atoms with Crippen molar-refractivity contribution < 1.29 is 4.39 Å². The summed E-state index contributed by atoms with van der Waals surface area (Å²) < 4.78 is 15.6. The maximum Gasteiger partial charge on any atom is 0.164 e. The van der Waals surface area contributed by atoms with Crippen LogP contribution in [0.25, 0.3) is 11.0 Å². The van der Waals surface area contributed by atoms with E-state index in [9.17, 15) is 4.39 Å². The average molecular weight is 313 g/mol. The number of aromatic nitrogens is 4. The lowest BCUT2D eigenvalue weighted by atomic mass is 10.0. The van der Waals surface area contributed by atoms with E-state index < -0.39 is 0 Å². The zero-order valence-corrected chi connectivity index (χ0v) is 13.8. The predicted octanol–water partition coefficient (Wildman–Crippen LogP) is 3.20. The van der Waals surface area contributed by atoms with Crippen molar-refractivity contribution in [1.29, 1.82) is 0 Å². The number of nitrogen functional groups attached to an aromatic ring is 1. The molecule has 0 saturated carbocycles. The molecule has 0 atom stereocenters. The number of rotatable bonds is 2. The second-order valence-electron chi connectivity index (χ2n) is 6.69. The Bertz CT molecular complexity index is 877. The Morgan fingerprint density at radius 3 is 2.65 bits per heavy atom. The summed E-state index contributed by atoms with van der Waals surface area (Å²) in [6.45, 7) is 7.92. The van der Waals surface area contributed by atoms with Crippen molar-refractivity contribution in [2.75, 3.05) is 5.73 Å². The van der Waals surface area contributed by atoms with Crippen LogP contribution in [0.5, 0.6) is 0 Å². The first-order chi connectivity index (χ1) is 10.8. The first-order valence-electron chi connectivity index (χ1n) is 7.51. The van der Waals surface area contributed by atoms with Gasteiger partial charge in [0.25, 0.3) is 0 Å². The molecule has 0 aliphatic rings. The van der Waals surface area contributed by atoms with Crippen LogP contribution in [0.15, 0.2) is 24.5 Å². The van der Waals surface area contributed by atoms with Crippen molar-refractivity contribution in [3.8, 4) is 0 Å². The fourth-order valence-corrected chi connectivity index (χ4v) is 2.66. The highest BCUT2D eigenvalue weighted by molar-refractivity contribution is 5.88. The number of nitrogens with zero attached hydrogens (tertiary/aromatic N) is 4. The van der Waals surface area contributed by atoms with Gasteiger partial charge in [-0.1, -0.05) is 12.1 Å². The normalized spacial score (nSPS) is 12.0. The lowest BCUT2D eigenvalue weighted by molar-refractivity contribution is 0.363. The monoisotopic (exact) mass is 313 g/mol. The van der Waals surface area contributed by atoms with Gasteiger partial charge in [-0.15, -0.1) is 0 Å². The van der Waals surface area contributed by atoms with Crippen molar-refractivity contribution in [2.45, 2.75) is 39.7 Å². The summed E-state index contributed by atoms with van der Waals surface area (Å²) in [5, 5.41) is 5.44. The molecule has 0 spiro atoms. The van der Waals surface area contributed by atoms with Gasteiger partial charge in [-0.05, 0) is 44.9 Å². The molecule has 0 saturated heterocycles. The molecular formula is C17H20FN5. The Labute approximate surface area is 134 Å². The van der Waals surface area contributed by atoms with E-state index in [4.69, 9.17) is 10.8 Å². The zero-order valence-electron chi connectivity index (χ0n) is 13.8. The van der Waals surface area contributed by atoms with Gasteiger partial charge in [-0.2, -0.15) is 5.10 Å². The van der Waals surface area contributed by atoms with Gasteiger partial charge in [0.05, 0.1) is 16.6 Å². The Morgan fingerprint density at radius 1 is 1.22 bits per heavy atom. The van der Waals surface area contributed by atoms with Crippen LogP contribution in [-0.2, 0) is 12.0 Å². The number of hydrogen-bond acceptors (Lipinski definition) is 4. The van der Waals surface area contributed by atoms with Crippen molar-refractivity contribution >= 4 is 16.9 Å². The molecule has 3 rings (SSSR count). The molecule has 6 heteroatoms. The van der Waals surface area contributed by atoms with Gasteiger partial charge in [0.2, 0.25) is 0 Å². The lowest BCUT2D eigenvalue weighted by Crippen LogP contribution is -2.23. The first-order valence-corrected chi connectivity index (χ1v) is 7.51. The molecule has 2 N–H and O–H groups in total. The largest absolute Gasteiger partial charge is 0.383 e. The Balaban J connectivity index is 2.20. The Hall–Kier alpha value is -2.50. The summed E-state index contributed by atoms with van der Waals surface area (Å²) in [6, 6.07) is 5.07. The highest BCUT2D eigenvalue weighted by Crippen LogP contribution is 2.28. The number of anilines is 1. The molecule has 0 bridgehead atoms. The van der Waals surface area contributed by atoms with E-state index in [1.165, 1.54) is 12.4 Å². The fourth-order valence-electron chi connectivity index (χ4n) is 2.66. The maximum atomic E-state index is 13.8. The van der Waals surface area contributed by atoms with E-state index in [1.54, 1.807) is 13.0 Å². The third kappa shape index (κ3) is 2.65. The number of fused-ring (bicyclic) bond motifs is 1. The second-order valence-corrected chi connectivity index (χ2v) is 6.69. The van der Waals surface area contributed by atoms with E-state index in [2.05, 4.69) is 30.7 Å². The Kier molecular flexibility index (Phi) is 3.55. The molecule has 3 aromatic rings. The summed E-state index contributed by atoms with van der Waals surface area (Å²) in [6.07, 6.45) is 1.93. The highest BCUT2D eigenvalue weighted by atomic mass is 19.1. The van der Waals surface area contributed by atoms with E-state index >= 15 is 0 Å². The van der Waals surface area contributed by atoms with Crippen molar-refractivity contribution in [1.82, 2.24) is 19.7 Å². The van der Waals surface area contributed by atoms with E-state index in [0.717, 1.165) is 16.6 Å². The second kappa shape index (κ2) is 5.30. The van der Waals surface area contributed by atoms with Gasteiger partial charge in [0.1, 0.15) is 18.0 Å². The SMILES string of the molecule is Cc1c(F)cccc1Cc1nn(C(C)(C)C)c2ncnc(N)c12. The smallest absolute Gasteiger partial charge is 0.164 e. The summed E-state index contributed by atoms with van der Waals surface area (Å²) in [7, 11) is 0. The number of nitrogens with two attached hydrogens (primary N) is 1. The van der Waals surface area contributed by atoms with Crippen molar-refractivity contribution in [2.24, 2.45) is 0 Å². The fraction of sp³-hybridized carbons (Fsp3) is 0.353. The first kappa shape index (κ1) is 15.4. The van der Waals surface area contributed by atoms with E-state index in [1.807, 2.05) is 10.7 Å². The predicted molar refractivity (Wildman–Crippen MR) is 88.7 cm³/mol. The van der Waals surface area contributed by atoms with Crippen LogP contribution in [0.3, 0.4) is 0 Å². The molecule has 0 aliphatic heterocycles. The minimum atomic E-state index is -0.242. The third-order valence-corrected chi connectivity index (χ3v) is 3.94. The van der Waals surface area contributed by atoms with Crippen LogP contribution in [0.2, 0.25) is 0 Å². The number of hydrogen-bond donors (Lipinski definition) is 1. The van der Waals surface area contributed by atoms with Crippen LogP contribution in [0.4, 0.5) is 10.2 Å². The minimum absolute atomic E-state index is 0.216. The summed E-state index contributed by atoms with van der Waals surface area (Å²) in [4.78, 5) is 8.43. The van der Waals surface area contributed by atoms with Gasteiger partial charge >= 0.3 is 0 Å². The molecule has 120 valence electrons. The molecule has 5 nitrogen and oxygen atoms in total. The molecule has 2 heterocycles. The molecule has 2 aromatic heterocycles. The molecular weight excluding hydrogens is 293 g/mol. The number of benzene rings is 1. The van der Waals surface area contributed by atoms with E-state index in [-0.39, 0.29) is 11.4 Å². The van der Waals surface area contributed by atoms with Gasteiger partial charge < -0.3 is 5.73 Å². The van der Waals surface area contributed by atoms with Crippen LogP contribution in [0, 0.1) is 12.7 Å². The van der Waals surface area contributed by atoms with Crippen LogP contribution < -0.4 is 5.73 Å². The van der Waals surface area contributed by atoms with Gasteiger partial charge in [0, 0.05) is 6.42 Å². The van der Waals surface area contributed by atoms with Gasteiger partial charge in [-0.3, -0.25) is 0 Å². The lowest BCUT2D eigenvalue weighted by Gasteiger charge is -2.19. The Morgan fingerprint density at radius 2 is 1.96 bits per heavy atom. The number of halogens is 1. The topological polar surface area (TPSA) is 69.6 Å². The molecule has 0 amide bonds. The third-order valence-electron chi connectivity index (χ3n) is 3.94. The van der Waals surface area contributed by atoms with Gasteiger partial charge in [-0.25, -0.2) is 19.0 Å². The highest BCUT2D eigenvalue weighted by Gasteiger charge is 2.23. The maximum absolute atomic E-state index is 13.8. The molecule has 23 heavy (non-hydrogen) atoms. The molecule has 0 unspecified atom stereocenters. The minimum Gasteiger partial charge on any atom is -0.383 e. The quantitative estimate of drug-likeness (QED) is 0.789. The molecule has 0 aliphatic carbocycles. The van der Waals surface area contributed by atoms with E-state index in [0.29, 0.717) is 23.4 Å². The van der Waals surface area contributed by atoms with Crippen LogP contribution in [-0.4, -0.2) is 19.7 Å². The van der Waals surface area contributed by atoms with Gasteiger partial charge in [0.15, 0.2) is 5.65 Å². The summed E-state index contributed by atoms with van der Waals surface area (Å²) >= 11 is 0. The summed E-state index contributed by atoms with van der Waals surface area (Å²) in [5.74, 6) is 0.181. The molecule has 0 fully saturated rings. The average Bonchev–Trinajstić information content (AvgIpc) is 2.84. The van der Waals surface area contributed by atoms with Crippen LogP contribution in [0.1, 0.15) is 37.6 Å². The van der Waals surface area contributed by atoms with Crippen molar-refractivity contribution in [3.05, 3.63) is 47.2 Å². The molecule has 1 aromatic carbocycles. The standard InChI is InChI=1S/C17H20FN5/c1-10-11(6-5-7-12(10)18)8-13-14-15(19)20-9-21-16(14)23(22-13)17(2,3)4/h5-7,9H,8H2,1-4H3,(H2,19,20,21). The van der Waals surface area contributed by atoms with Crippen molar-refractivity contribution in [3.63, 3.8) is 0 Å². The molecule has 0 radical (unpaired) electrons.